The van der Waals surface area contributed by atoms with Gasteiger partial charge in [-0.25, -0.2) is 0 Å². The minimum atomic E-state index is 0. The third-order valence-corrected chi connectivity index (χ3v) is 4.49. The topological polar surface area (TPSA) is 24.5 Å². The Hall–Kier alpha value is -0.120. The molecule has 3 aliphatic heterocycles. The zero-order valence-corrected chi connectivity index (χ0v) is 10.3. The Bertz CT molecular complexity index is 228. The molecule has 16 heavy (non-hydrogen) atoms. The molecule has 0 radical (unpaired) electrons. The highest BCUT2D eigenvalue weighted by Crippen LogP contribution is 2.32. The highest BCUT2D eigenvalue weighted by atomic mass is 16.5. The van der Waals surface area contributed by atoms with Gasteiger partial charge < -0.3 is 10.1 Å². The fourth-order valence-corrected chi connectivity index (χ4v) is 3.62. The van der Waals surface area contributed by atoms with E-state index in [9.17, 15) is 0 Å². The summed E-state index contributed by atoms with van der Waals surface area (Å²) in [5.74, 6) is 0. The zero-order valence-electron chi connectivity index (χ0n) is 10.3. The molecule has 0 aromatic heterocycles. The van der Waals surface area contributed by atoms with Gasteiger partial charge in [-0.15, -0.1) is 0 Å². The maximum atomic E-state index is 5.70. The van der Waals surface area contributed by atoms with Gasteiger partial charge in [0.1, 0.15) is 0 Å². The van der Waals surface area contributed by atoms with Crippen molar-refractivity contribution in [3.8, 4) is 0 Å². The van der Waals surface area contributed by atoms with Crippen molar-refractivity contribution in [3.05, 3.63) is 0 Å². The van der Waals surface area contributed by atoms with E-state index in [1.165, 1.54) is 45.2 Å². The summed E-state index contributed by atoms with van der Waals surface area (Å²) < 4.78 is 5.70. The molecule has 2 unspecified atom stereocenters. The van der Waals surface area contributed by atoms with Crippen molar-refractivity contribution in [2.24, 2.45) is 0 Å². The number of nitrogens with zero attached hydrogens (tertiary/aromatic N) is 1. The number of ether oxygens (including phenoxy) is 1. The Morgan fingerprint density at radius 3 is 2.38 bits per heavy atom. The summed E-state index contributed by atoms with van der Waals surface area (Å²) in [5.41, 5.74) is 0. The van der Waals surface area contributed by atoms with Crippen LogP contribution in [0.25, 0.3) is 0 Å². The number of hydrogen-bond donors (Lipinski definition) is 1. The lowest BCUT2D eigenvalue weighted by Gasteiger charge is -2.50. The smallest absolute Gasteiger partial charge is 0.0731 e. The summed E-state index contributed by atoms with van der Waals surface area (Å²) in [5, 5.41) is 3.58. The maximum absolute atomic E-state index is 5.70. The summed E-state index contributed by atoms with van der Waals surface area (Å²) in [7, 11) is 0. The molecule has 3 heteroatoms. The van der Waals surface area contributed by atoms with Crippen LogP contribution in [0.4, 0.5) is 0 Å². The summed E-state index contributed by atoms with van der Waals surface area (Å²) in [6.45, 7) is 5.73. The average Bonchev–Trinajstić information content (AvgIpc) is 2.30. The normalized spacial score (nSPS) is 44.1. The fraction of sp³-hybridized carbons (Fsp3) is 1.00. The second kappa shape index (κ2) is 4.63. The second-order valence-corrected chi connectivity index (χ2v) is 5.63. The lowest BCUT2D eigenvalue weighted by atomic mass is 9.87. The molecule has 0 spiro atoms. The van der Waals surface area contributed by atoms with E-state index in [-0.39, 0.29) is 1.43 Å². The number of morpholine rings is 1. The third-order valence-electron chi connectivity index (χ3n) is 4.49. The molecule has 2 bridgehead atoms. The standard InChI is InChI=1S/C13H24N2O.H2/c1-2-14-10-3-5-11(6-4-10)15-8-12-7-13(9-15)16-12;/h10-14H,2-9H2,1H3;1H. The number of fused-ring (bicyclic) bond motifs is 2. The molecule has 1 aliphatic carbocycles. The van der Waals surface area contributed by atoms with Gasteiger partial charge in [0.2, 0.25) is 0 Å². The van der Waals surface area contributed by atoms with Crippen LogP contribution in [0.3, 0.4) is 0 Å². The predicted molar refractivity (Wildman–Crippen MR) is 66.7 cm³/mol. The first kappa shape index (κ1) is 11.0. The van der Waals surface area contributed by atoms with Gasteiger partial charge in [0.15, 0.2) is 0 Å². The molecule has 2 atom stereocenters. The van der Waals surface area contributed by atoms with Crippen molar-refractivity contribution < 1.29 is 6.16 Å². The number of rotatable bonds is 3. The molecule has 0 aromatic rings. The van der Waals surface area contributed by atoms with Gasteiger partial charge in [-0.3, -0.25) is 4.90 Å². The Balaban J connectivity index is 0.00000108. The quantitative estimate of drug-likeness (QED) is 0.791. The minimum absolute atomic E-state index is 0. The molecule has 3 heterocycles. The SMILES string of the molecule is CCNC1CCC(N2CC3CC(C2)O3)CC1.[HH]. The molecule has 4 aliphatic rings. The molecule has 1 saturated carbocycles. The zero-order chi connectivity index (χ0) is 11.0. The molecule has 94 valence electrons. The number of nitrogens with one attached hydrogen (secondary N) is 1. The Morgan fingerprint density at radius 1 is 1.19 bits per heavy atom. The van der Waals surface area contributed by atoms with Crippen molar-refractivity contribution in [3.63, 3.8) is 0 Å². The minimum Gasteiger partial charge on any atom is -0.372 e. The van der Waals surface area contributed by atoms with Crippen molar-refractivity contribution >= 4 is 0 Å². The van der Waals surface area contributed by atoms with E-state index >= 15 is 0 Å². The third kappa shape index (κ3) is 2.13. The van der Waals surface area contributed by atoms with Crippen molar-refractivity contribution in [2.75, 3.05) is 19.6 Å². The first-order chi connectivity index (χ1) is 7.85. The van der Waals surface area contributed by atoms with Crippen molar-refractivity contribution in [1.29, 1.82) is 0 Å². The number of hydrogen-bond acceptors (Lipinski definition) is 3. The van der Waals surface area contributed by atoms with Crippen molar-refractivity contribution in [2.45, 2.75) is 63.3 Å². The van der Waals surface area contributed by atoms with Gasteiger partial charge in [-0.05, 0) is 32.2 Å². The molecule has 4 fully saturated rings. The van der Waals surface area contributed by atoms with Crippen LogP contribution >= 0.6 is 0 Å². The van der Waals surface area contributed by atoms with Crippen molar-refractivity contribution in [1.82, 2.24) is 10.2 Å². The van der Waals surface area contributed by atoms with Crippen LogP contribution < -0.4 is 5.32 Å². The van der Waals surface area contributed by atoms with Gasteiger partial charge in [0.05, 0.1) is 12.2 Å². The fourth-order valence-electron chi connectivity index (χ4n) is 3.62. The van der Waals surface area contributed by atoms with E-state index in [0.717, 1.165) is 18.6 Å². The summed E-state index contributed by atoms with van der Waals surface area (Å²) in [6.07, 6.45) is 7.98. The molecule has 3 saturated heterocycles. The van der Waals surface area contributed by atoms with Gasteiger partial charge in [0, 0.05) is 33.0 Å². The van der Waals surface area contributed by atoms with Crippen LogP contribution in [0.1, 0.15) is 40.5 Å². The van der Waals surface area contributed by atoms with Gasteiger partial charge in [-0.1, -0.05) is 6.92 Å². The van der Waals surface area contributed by atoms with Crippen LogP contribution in [0.15, 0.2) is 0 Å². The molecule has 4 rings (SSSR count). The molecule has 1 N–H and O–H groups in total. The van der Waals surface area contributed by atoms with E-state index in [1.807, 2.05) is 0 Å². The predicted octanol–water partition coefficient (Wildman–Crippen LogP) is 1.63. The van der Waals surface area contributed by atoms with E-state index in [1.54, 1.807) is 0 Å². The summed E-state index contributed by atoms with van der Waals surface area (Å²) >= 11 is 0. The van der Waals surface area contributed by atoms with Gasteiger partial charge in [-0.2, -0.15) is 0 Å². The second-order valence-electron chi connectivity index (χ2n) is 5.63. The van der Waals surface area contributed by atoms with Crippen LogP contribution in [-0.4, -0.2) is 48.8 Å². The largest absolute Gasteiger partial charge is 0.372 e. The molecule has 0 aromatic carbocycles. The van der Waals surface area contributed by atoms with Crippen LogP contribution in [-0.2, 0) is 4.74 Å². The van der Waals surface area contributed by atoms with Gasteiger partial charge in [0.25, 0.3) is 0 Å². The Morgan fingerprint density at radius 2 is 1.81 bits per heavy atom. The molecule has 0 amide bonds. The number of piperidine rings is 1. The van der Waals surface area contributed by atoms with E-state index in [0.29, 0.717) is 12.2 Å². The Labute approximate surface area is 100 Å². The monoisotopic (exact) mass is 226 g/mol. The molecular formula is C13H26N2O. The summed E-state index contributed by atoms with van der Waals surface area (Å²) in [6, 6.07) is 1.64. The van der Waals surface area contributed by atoms with Crippen LogP contribution in [0.2, 0.25) is 0 Å². The first-order valence-corrected chi connectivity index (χ1v) is 6.98. The van der Waals surface area contributed by atoms with E-state index in [2.05, 4.69) is 17.1 Å². The Kier molecular flexibility index (Phi) is 3.18. The van der Waals surface area contributed by atoms with E-state index < -0.39 is 0 Å². The van der Waals surface area contributed by atoms with Crippen LogP contribution in [0, 0.1) is 0 Å². The first-order valence-electron chi connectivity index (χ1n) is 6.98. The highest BCUT2D eigenvalue weighted by Gasteiger charge is 2.41. The highest BCUT2D eigenvalue weighted by molar-refractivity contribution is 4.93. The molecule has 3 nitrogen and oxygen atoms in total. The van der Waals surface area contributed by atoms with Crippen LogP contribution in [0.5, 0.6) is 0 Å². The molecular weight excluding hydrogens is 200 g/mol. The summed E-state index contributed by atoms with van der Waals surface area (Å²) in [4.78, 5) is 2.70. The average molecular weight is 226 g/mol. The lowest BCUT2D eigenvalue weighted by Crippen LogP contribution is -2.60. The maximum Gasteiger partial charge on any atom is 0.0731 e. The van der Waals surface area contributed by atoms with Gasteiger partial charge >= 0.3 is 0 Å². The van der Waals surface area contributed by atoms with E-state index in [4.69, 9.17) is 4.74 Å². The lowest BCUT2D eigenvalue weighted by molar-refractivity contribution is -0.189.